The molecule has 2 aromatic carbocycles. The Morgan fingerprint density at radius 3 is 2.04 bits per heavy atom. The maximum Gasteiger partial charge on any atom is 0.482 e. The van der Waals surface area contributed by atoms with E-state index in [1.54, 1.807) is 48.5 Å². The Bertz CT molecular complexity index is 778. The van der Waals surface area contributed by atoms with Gasteiger partial charge in [0.2, 0.25) is 10.0 Å². The molecule has 0 aliphatic carbocycles. The van der Waals surface area contributed by atoms with E-state index in [1.807, 2.05) is 0 Å². The van der Waals surface area contributed by atoms with Crippen molar-refractivity contribution in [3.8, 4) is 0 Å². The lowest BCUT2D eigenvalue weighted by molar-refractivity contribution is 0.477. The van der Waals surface area contributed by atoms with Crippen LogP contribution in [0.5, 0.6) is 0 Å². The third-order valence-corrected chi connectivity index (χ3v) is 4.68. The molecule has 8 heteroatoms. The standard InChI is InChI=1S/C16H16BF3NO2S/c18-17(19,20)13-7-12-16(14-8-3-1-4-9-14)21-24(22,23)15-10-5-2-6-11-15/h1-12,16,21H,13H2/q-1/b12-7+. The van der Waals surface area contributed by atoms with Crippen LogP contribution in [0, 0.1) is 0 Å². The van der Waals surface area contributed by atoms with Crippen LogP contribution < -0.4 is 4.72 Å². The summed E-state index contributed by atoms with van der Waals surface area (Å²) in [7, 11) is -3.85. The summed E-state index contributed by atoms with van der Waals surface area (Å²) in [5.41, 5.74) is 0.558. The predicted octanol–water partition coefficient (Wildman–Crippen LogP) is 4.11. The highest BCUT2D eigenvalue weighted by Gasteiger charge is 2.22. The summed E-state index contributed by atoms with van der Waals surface area (Å²) < 4.78 is 64.4. The molecule has 0 aliphatic heterocycles. The molecule has 128 valence electrons. The SMILES string of the molecule is O=S(=O)(NC(/C=C/C[B-](F)(F)F)c1ccccc1)c1ccccc1. The maximum atomic E-state index is 12.4. The maximum absolute atomic E-state index is 12.4. The van der Waals surface area contributed by atoms with Gasteiger partial charge in [-0.3, -0.25) is 0 Å². The van der Waals surface area contributed by atoms with Crippen LogP contribution in [0.15, 0.2) is 77.7 Å². The van der Waals surface area contributed by atoms with Gasteiger partial charge in [0.1, 0.15) is 0 Å². The normalized spacial score (nSPS) is 14.0. The van der Waals surface area contributed by atoms with Crippen molar-refractivity contribution in [1.82, 2.24) is 4.72 Å². The molecule has 0 radical (unpaired) electrons. The monoisotopic (exact) mass is 354 g/mol. The van der Waals surface area contributed by atoms with E-state index in [2.05, 4.69) is 4.72 Å². The first-order valence-electron chi connectivity index (χ1n) is 7.28. The summed E-state index contributed by atoms with van der Waals surface area (Å²) in [6, 6.07) is 15.2. The molecule has 2 aromatic rings. The number of rotatable bonds is 7. The predicted molar refractivity (Wildman–Crippen MR) is 89.0 cm³/mol. The van der Waals surface area contributed by atoms with Gasteiger partial charge in [0, 0.05) is 0 Å². The first kappa shape index (κ1) is 18.3. The highest BCUT2D eigenvalue weighted by Crippen LogP contribution is 2.21. The minimum absolute atomic E-state index is 0.0550. The Balaban J connectivity index is 2.27. The fraction of sp³-hybridized carbons (Fsp3) is 0.125. The lowest BCUT2D eigenvalue weighted by Gasteiger charge is -2.17. The zero-order valence-corrected chi connectivity index (χ0v) is 13.5. The molecule has 0 bridgehead atoms. The van der Waals surface area contributed by atoms with E-state index in [9.17, 15) is 21.4 Å². The van der Waals surface area contributed by atoms with Gasteiger partial charge >= 0.3 is 6.98 Å². The van der Waals surface area contributed by atoms with Crippen LogP contribution in [0.3, 0.4) is 0 Å². The average molecular weight is 354 g/mol. The van der Waals surface area contributed by atoms with Gasteiger partial charge in [-0.15, -0.1) is 6.08 Å². The molecule has 1 N–H and O–H groups in total. The van der Waals surface area contributed by atoms with Gasteiger partial charge in [0.05, 0.1) is 10.9 Å². The van der Waals surface area contributed by atoms with Gasteiger partial charge in [0.15, 0.2) is 0 Å². The fourth-order valence-corrected chi connectivity index (χ4v) is 3.28. The average Bonchev–Trinajstić information content (AvgIpc) is 2.54. The van der Waals surface area contributed by atoms with Gasteiger partial charge in [-0.1, -0.05) is 60.9 Å². The first-order chi connectivity index (χ1) is 11.3. The Morgan fingerprint density at radius 1 is 0.958 bits per heavy atom. The Labute approximate surface area is 139 Å². The Kier molecular flexibility index (Phi) is 5.85. The van der Waals surface area contributed by atoms with Crippen LogP contribution in [-0.4, -0.2) is 15.4 Å². The molecule has 24 heavy (non-hydrogen) atoms. The van der Waals surface area contributed by atoms with E-state index in [4.69, 9.17) is 0 Å². The van der Waals surface area contributed by atoms with Crippen molar-refractivity contribution in [2.45, 2.75) is 17.3 Å². The van der Waals surface area contributed by atoms with Gasteiger partial charge in [-0.05, 0) is 17.7 Å². The van der Waals surface area contributed by atoms with Gasteiger partial charge in [-0.2, -0.15) is 4.72 Å². The zero-order chi connectivity index (χ0) is 17.6. The van der Waals surface area contributed by atoms with Crippen LogP contribution in [0.2, 0.25) is 6.32 Å². The summed E-state index contributed by atoms with van der Waals surface area (Å²) in [6.07, 6.45) is 1.12. The number of hydrogen-bond donors (Lipinski definition) is 1. The number of allylic oxidation sites excluding steroid dienone is 1. The summed E-state index contributed by atoms with van der Waals surface area (Å²) in [5.74, 6) is 0. The molecule has 0 aromatic heterocycles. The topological polar surface area (TPSA) is 46.2 Å². The van der Waals surface area contributed by atoms with E-state index in [0.29, 0.717) is 5.56 Å². The van der Waals surface area contributed by atoms with Crippen molar-refractivity contribution < 1.29 is 21.4 Å². The molecular formula is C16H16BF3NO2S-. The van der Waals surface area contributed by atoms with Crippen molar-refractivity contribution >= 4 is 17.0 Å². The number of halogens is 3. The zero-order valence-electron chi connectivity index (χ0n) is 12.6. The molecule has 0 saturated heterocycles. The van der Waals surface area contributed by atoms with E-state index >= 15 is 0 Å². The summed E-state index contributed by atoms with van der Waals surface area (Å²) in [6.45, 7) is -4.96. The van der Waals surface area contributed by atoms with Crippen molar-refractivity contribution in [1.29, 1.82) is 0 Å². The van der Waals surface area contributed by atoms with E-state index in [-0.39, 0.29) is 4.90 Å². The quantitative estimate of drug-likeness (QED) is 0.601. The van der Waals surface area contributed by atoms with Crippen LogP contribution in [0.1, 0.15) is 11.6 Å². The number of nitrogens with one attached hydrogen (secondary N) is 1. The minimum Gasteiger partial charge on any atom is -0.449 e. The second-order valence-corrected chi connectivity index (χ2v) is 6.91. The molecule has 0 spiro atoms. The Morgan fingerprint density at radius 2 is 1.50 bits per heavy atom. The molecule has 0 aliphatic rings. The molecule has 3 nitrogen and oxygen atoms in total. The number of sulfonamides is 1. The van der Waals surface area contributed by atoms with Crippen LogP contribution >= 0.6 is 0 Å². The summed E-state index contributed by atoms with van der Waals surface area (Å²) >= 11 is 0. The van der Waals surface area contributed by atoms with Crippen LogP contribution in [0.4, 0.5) is 12.9 Å². The molecule has 0 saturated carbocycles. The highest BCUT2D eigenvalue weighted by atomic mass is 32.2. The molecule has 1 unspecified atom stereocenters. The second kappa shape index (κ2) is 7.68. The first-order valence-corrected chi connectivity index (χ1v) is 8.76. The van der Waals surface area contributed by atoms with E-state index in [1.165, 1.54) is 18.2 Å². The van der Waals surface area contributed by atoms with Crippen molar-refractivity contribution in [2.75, 3.05) is 0 Å². The van der Waals surface area contributed by atoms with E-state index < -0.39 is 29.4 Å². The molecule has 0 heterocycles. The van der Waals surface area contributed by atoms with Crippen LogP contribution in [-0.2, 0) is 10.0 Å². The van der Waals surface area contributed by atoms with Crippen molar-refractivity contribution in [3.05, 3.63) is 78.4 Å². The molecule has 1 atom stereocenters. The van der Waals surface area contributed by atoms with Gasteiger partial charge < -0.3 is 12.9 Å². The summed E-state index contributed by atoms with van der Waals surface area (Å²) in [4.78, 5) is 0.0550. The van der Waals surface area contributed by atoms with Gasteiger partial charge in [0.25, 0.3) is 0 Å². The third-order valence-electron chi connectivity index (χ3n) is 3.23. The smallest absolute Gasteiger partial charge is 0.449 e. The van der Waals surface area contributed by atoms with E-state index in [0.717, 1.165) is 6.08 Å². The lowest BCUT2D eigenvalue weighted by atomic mass is 9.86. The number of benzene rings is 2. The van der Waals surface area contributed by atoms with Crippen molar-refractivity contribution in [3.63, 3.8) is 0 Å². The largest absolute Gasteiger partial charge is 0.482 e. The van der Waals surface area contributed by atoms with Crippen molar-refractivity contribution in [2.24, 2.45) is 0 Å². The molecule has 0 fully saturated rings. The lowest BCUT2D eigenvalue weighted by Crippen LogP contribution is -2.27. The molecular weight excluding hydrogens is 338 g/mol. The summed E-state index contributed by atoms with van der Waals surface area (Å²) in [5, 5.41) is 0. The fourth-order valence-electron chi connectivity index (χ4n) is 2.08. The molecule has 0 amide bonds. The third kappa shape index (κ3) is 5.54. The number of hydrogen-bond acceptors (Lipinski definition) is 2. The van der Waals surface area contributed by atoms with Crippen LogP contribution in [0.25, 0.3) is 0 Å². The second-order valence-electron chi connectivity index (χ2n) is 5.20. The minimum atomic E-state index is -4.96. The molecule has 2 rings (SSSR count). The Hall–Kier alpha value is -2.06. The highest BCUT2D eigenvalue weighted by molar-refractivity contribution is 7.89. The van der Waals surface area contributed by atoms with Gasteiger partial charge in [-0.25, -0.2) is 8.42 Å².